The van der Waals surface area contributed by atoms with E-state index in [-0.39, 0.29) is 5.97 Å². The summed E-state index contributed by atoms with van der Waals surface area (Å²) in [6, 6.07) is 10.3. The summed E-state index contributed by atoms with van der Waals surface area (Å²) < 4.78 is 4.81. The van der Waals surface area contributed by atoms with E-state index in [0.29, 0.717) is 12.2 Å². The molecule has 2 heteroatoms. The number of esters is 1. The van der Waals surface area contributed by atoms with Gasteiger partial charge in [-0.1, -0.05) is 55.8 Å². The first-order chi connectivity index (χ1) is 8.07. The molecule has 1 aromatic carbocycles. The van der Waals surface area contributed by atoms with Gasteiger partial charge in [-0.15, -0.1) is 0 Å². The predicted octanol–water partition coefficient (Wildman–Crippen LogP) is 3.90. The summed E-state index contributed by atoms with van der Waals surface area (Å²) in [7, 11) is 0. The van der Waals surface area contributed by atoms with Gasteiger partial charge in [0.1, 0.15) is 0 Å². The van der Waals surface area contributed by atoms with Crippen LogP contribution in [-0.4, -0.2) is 12.6 Å². The SMILES string of the molecule is C=C(C)C(=O)OCCCC.Cc1ccccc1. The van der Waals surface area contributed by atoms with Crippen LogP contribution in [0.1, 0.15) is 32.3 Å². The number of unbranched alkanes of at least 4 members (excludes halogenated alkanes) is 1. The fraction of sp³-hybridized carbons (Fsp3) is 0.400. The Kier molecular flexibility index (Phi) is 8.75. The lowest BCUT2D eigenvalue weighted by molar-refractivity contribution is -0.139. The predicted molar refractivity (Wildman–Crippen MR) is 71.9 cm³/mol. The van der Waals surface area contributed by atoms with Gasteiger partial charge in [-0.3, -0.25) is 0 Å². The van der Waals surface area contributed by atoms with Gasteiger partial charge in [-0.2, -0.15) is 0 Å². The number of aryl methyl sites for hydroxylation is 1. The van der Waals surface area contributed by atoms with Crippen LogP contribution in [0.3, 0.4) is 0 Å². The molecule has 0 spiro atoms. The van der Waals surface area contributed by atoms with E-state index in [1.165, 1.54) is 5.56 Å². The highest BCUT2D eigenvalue weighted by atomic mass is 16.5. The van der Waals surface area contributed by atoms with Crippen LogP contribution in [-0.2, 0) is 9.53 Å². The summed E-state index contributed by atoms with van der Waals surface area (Å²) in [4.78, 5) is 10.7. The van der Waals surface area contributed by atoms with Crippen molar-refractivity contribution >= 4 is 5.97 Å². The molecule has 17 heavy (non-hydrogen) atoms. The summed E-state index contributed by atoms with van der Waals surface area (Å²) in [5, 5.41) is 0. The zero-order valence-corrected chi connectivity index (χ0v) is 11.0. The summed E-state index contributed by atoms with van der Waals surface area (Å²) in [5.41, 5.74) is 1.79. The number of benzene rings is 1. The highest BCUT2D eigenvalue weighted by Gasteiger charge is 2.00. The number of hydrogen-bond donors (Lipinski definition) is 0. The molecular formula is C15H22O2. The Morgan fingerprint density at radius 1 is 1.29 bits per heavy atom. The van der Waals surface area contributed by atoms with Crippen LogP contribution in [0.2, 0.25) is 0 Å². The molecule has 0 aromatic heterocycles. The van der Waals surface area contributed by atoms with Crippen LogP contribution in [0.4, 0.5) is 0 Å². The van der Waals surface area contributed by atoms with Crippen LogP contribution < -0.4 is 0 Å². The zero-order valence-electron chi connectivity index (χ0n) is 11.0. The molecule has 0 aliphatic heterocycles. The molecule has 0 aliphatic rings. The minimum atomic E-state index is -0.284. The van der Waals surface area contributed by atoms with E-state index in [0.717, 1.165) is 12.8 Å². The fourth-order valence-electron chi connectivity index (χ4n) is 0.967. The van der Waals surface area contributed by atoms with Crippen molar-refractivity contribution in [3.05, 3.63) is 48.0 Å². The van der Waals surface area contributed by atoms with Crippen LogP contribution in [0, 0.1) is 6.92 Å². The van der Waals surface area contributed by atoms with Crippen LogP contribution >= 0.6 is 0 Å². The van der Waals surface area contributed by atoms with E-state index < -0.39 is 0 Å². The first-order valence-electron chi connectivity index (χ1n) is 5.92. The Hall–Kier alpha value is -1.57. The molecule has 1 aromatic rings. The molecule has 0 saturated heterocycles. The number of rotatable bonds is 4. The summed E-state index contributed by atoms with van der Waals surface area (Å²) in [6.45, 7) is 9.76. The molecule has 0 N–H and O–H groups in total. The lowest BCUT2D eigenvalue weighted by Crippen LogP contribution is -2.05. The van der Waals surface area contributed by atoms with Crippen molar-refractivity contribution in [2.24, 2.45) is 0 Å². The quantitative estimate of drug-likeness (QED) is 0.448. The number of ether oxygens (including phenoxy) is 1. The number of carbonyl (C=O) groups is 1. The van der Waals surface area contributed by atoms with Gasteiger partial charge in [-0.25, -0.2) is 4.79 Å². The van der Waals surface area contributed by atoms with Crippen LogP contribution in [0.15, 0.2) is 42.5 Å². The highest BCUT2D eigenvalue weighted by Crippen LogP contribution is 1.94. The minimum Gasteiger partial charge on any atom is -0.462 e. The van der Waals surface area contributed by atoms with Crippen LogP contribution in [0.25, 0.3) is 0 Å². The zero-order chi connectivity index (χ0) is 13.1. The van der Waals surface area contributed by atoms with Crippen molar-refractivity contribution in [3.63, 3.8) is 0 Å². The first kappa shape index (κ1) is 15.4. The van der Waals surface area contributed by atoms with E-state index in [1.54, 1.807) is 6.92 Å². The second-order valence-corrected chi connectivity index (χ2v) is 3.92. The van der Waals surface area contributed by atoms with Gasteiger partial charge < -0.3 is 4.74 Å². The maximum absolute atomic E-state index is 10.7. The van der Waals surface area contributed by atoms with Crippen molar-refractivity contribution in [1.82, 2.24) is 0 Å². The monoisotopic (exact) mass is 234 g/mol. The van der Waals surface area contributed by atoms with Gasteiger partial charge in [0.25, 0.3) is 0 Å². The third-order valence-corrected chi connectivity index (χ3v) is 2.02. The van der Waals surface area contributed by atoms with Crippen molar-refractivity contribution < 1.29 is 9.53 Å². The normalized spacial score (nSPS) is 8.88. The Labute approximate surface area is 104 Å². The standard InChI is InChI=1S/C8H14O2.C7H8/c1-4-5-6-10-8(9)7(2)3;1-7-5-3-2-4-6-7/h2,4-6H2,1,3H3;2-6H,1H3. The van der Waals surface area contributed by atoms with Crippen molar-refractivity contribution in [3.8, 4) is 0 Å². The number of hydrogen-bond acceptors (Lipinski definition) is 2. The lowest BCUT2D eigenvalue weighted by atomic mass is 10.2. The molecule has 2 nitrogen and oxygen atoms in total. The first-order valence-corrected chi connectivity index (χ1v) is 5.92. The molecule has 0 saturated carbocycles. The summed E-state index contributed by atoms with van der Waals surface area (Å²) in [5.74, 6) is -0.284. The second kappa shape index (κ2) is 9.64. The highest BCUT2D eigenvalue weighted by molar-refractivity contribution is 5.86. The van der Waals surface area contributed by atoms with Gasteiger partial charge in [-0.05, 0) is 20.3 Å². The average Bonchev–Trinajstić information content (AvgIpc) is 2.31. The molecule has 0 heterocycles. The van der Waals surface area contributed by atoms with Crippen molar-refractivity contribution in [1.29, 1.82) is 0 Å². The lowest BCUT2D eigenvalue weighted by Gasteiger charge is -2.01. The largest absolute Gasteiger partial charge is 0.462 e. The third-order valence-electron chi connectivity index (χ3n) is 2.02. The van der Waals surface area contributed by atoms with Gasteiger partial charge in [0.2, 0.25) is 0 Å². The Balaban J connectivity index is 0.000000318. The van der Waals surface area contributed by atoms with E-state index in [4.69, 9.17) is 4.74 Å². The van der Waals surface area contributed by atoms with E-state index in [9.17, 15) is 4.79 Å². The average molecular weight is 234 g/mol. The van der Waals surface area contributed by atoms with E-state index in [2.05, 4.69) is 32.6 Å². The minimum absolute atomic E-state index is 0.284. The molecule has 0 bridgehead atoms. The van der Waals surface area contributed by atoms with Gasteiger partial charge in [0, 0.05) is 5.57 Å². The molecule has 0 unspecified atom stereocenters. The van der Waals surface area contributed by atoms with Gasteiger partial charge in [0.05, 0.1) is 6.61 Å². The molecule has 94 valence electrons. The molecule has 1 rings (SSSR count). The molecule has 0 amide bonds. The second-order valence-electron chi connectivity index (χ2n) is 3.92. The van der Waals surface area contributed by atoms with Crippen molar-refractivity contribution in [2.45, 2.75) is 33.6 Å². The topological polar surface area (TPSA) is 26.3 Å². The Bertz CT molecular complexity index is 328. The van der Waals surface area contributed by atoms with E-state index in [1.807, 2.05) is 18.2 Å². The van der Waals surface area contributed by atoms with Gasteiger partial charge >= 0.3 is 5.97 Å². The maximum atomic E-state index is 10.7. The number of carbonyl (C=O) groups excluding carboxylic acids is 1. The third kappa shape index (κ3) is 9.36. The van der Waals surface area contributed by atoms with Crippen molar-refractivity contribution in [2.75, 3.05) is 6.61 Å². The fourth-order valence-corrected chi connectivity index (χ4v) is 0.967. The molecule has 0 aliphatic carbocycles. The Morgan fingerprint density at radius 2 is 1.88 bits per heavy atom. The molecule has 0 atom stereocenters. The van der Waals surface area contributed by atoms with E-state index >= 15 is 0 Å². The molecular weight excluding hydrogens is 212 g/mol. The molecule has 0 fully saturated rings. The maximum Gasteiger partial charge on any atom is 0.333 e. The van der Waals surface area contributed by atoms with Gasteiger partial charge in [0.15, 0.2) is 0 Å². The smallest absolute Gasteiger partial charge is 0.333 e. The van der Waals surface area contributed by atoms with Crippen LogP contribution in [0.5, 0.6) is 0 Å². The Morgan fingerprint density at radius 3 is 2.24 bits per heavy atom. The molecule has 0 radical (unpaired) electrons. The summed E-state index contributed by atoms with van der Waals surface area (Å²) in [6.07, 6.45) is 1.97. The summed E-state index contributed by atoms with van der Waals surface area (Å²) >= 11 is 0.